The van der Waals surface area contributed by atoms with Gasteiger partial charge in [-0.2, -0.15) is 9.78 Å². The van der Waals surface area contributed by atoms with Crippen molar-refractivity contribution in [1.82, 2.24) is 34.6 Å². The van der Waals surface area contributed by atoms with Crippen LogP contribution in [-0.4, -0.2) is 41.0 Å². The number of aromatic nitrogens is 6. The van der Waals surface area contributed by atoms with Gasteiger partial charge in [0.1, 0.15) is 11.9 Å². The van der Waals surface area contributed by atoms with E-state index in [1.165, 1.54) is 28.1 Å². The van der Waals surface area contributed by atoms with Crippen LogP contribution in [0, 0.1) is 0 Å². The quantitative estimate of drug-likeness (QED) is 0.741. The van der Waals surface area contributed by atoms with Gasteiger partial charge in [-0.05, 0) is 33.8 Å². The average molecular weight is 371 g/mol. The zero-order valence-corrected chi connectivity index (χ0v) is 15.8. The number of alkyl carbamates (subject to hydrolysis) is 1. The Hall–Kier alpha value is -3.30. The summed E-state index contributed by atoms with van der Waals surface area (Å²) >= 11 is 0. The van der Waals surface area contributed by atoms with Gasteiger partial charge in [-0.3, -0.25) is 4.79 Å². The third kappa shape index (κ3) is 3.94. The summed E-state index contributed by atoms with van der Waals surface area (Å²) in [6.45, 7) is 7.11. The highest BCUT2D eigenvalue weighted by atomic mass is 16.6. The van der Waals surface area contributed by atoms with Gasteiger partial charge < -0.3 is 14.6 Å². The molecule has 0 aliphatic carbocycles. The Morgan fingerprint density at radius 2 is 2.00 bits per heavy atom. The number of rotatable bonds is 3. The topological polar surface area (TPSA) is 117 Å². The van der Waals surface area contributed by atoms with Crippen LogP contribution < -0.4 is 10.9 Å². The molecule has 0 unspecified atom stereocenters. The molecule has 10 nitrogen and oxygen atoms in total. The molecule has 0 radical (unpaired) electrons. The lowest BCUT2D eigenvalue weighted by atomic mass is 10.2. The first-order valence-electron chi connectivity index (χ1n) is 8.37. The highest BCUT2D eigenvalue weighted by Crippen LogP contribution is 2.16. The molecule has 0 aliphatic heterocycles. The summed E-state index contributed by atoms with van der Waals surface area (Å²) in [6.07, 6.45) is 3.74. The minimum absolute atomic E-state index is 0.190. The Morgan fingerprint density at radius 1 is 1.26 bits per heavy atom. The average Bonchev–Trinajstić information content (AvgIpc) is 3.06. The lowest BCUT2D eigenvalue weighted by molar-refractivity contribution is 0.0505. The summed E-state index contributed by atoms with van der Waals surface area (Å²) < 4.78 is 8.12. The van der Waals surface area contributed by atoms with E-state index in [9.17, 15) is 9.59 Å². The molecule has 0 aliphatic rings. The normalized spacial score (nSPS) is 12.8. The zero-order chi connectivity index (χ0) is 19.8. The van der Waals surface area contributed by atoms with Gasteiger partial charge in [-0.1, -0.05) is 0 Å². The molecule has 27 heavy (non-hydrogen) atoms. The summed E-state index contributed by atoms with van der Waals surface area (Å²) in [7, 11) is 1.63. The number of hydrogen-bond donors (Lipinski definition) is 1. The SMILES string of the molecule is C[C@H](NC(=O)OC(C)(C)C)c1ncnn1-c1cc2c(=O)n(C)cnc2cn1. The van der Waals surface area contributed by atoms with Crippen molar-refractivity contribution in [3.8, 4) is 5.82 Å². The molecule has 3 aromatic rings. The molecule has 1 atom stereocenters. The van der Waals surface area contributed by atoms with Gasteiger partial charge in [0.05, 0.1) is 29.5 Å². The Labute approximate surface area is 155 Å². The van der Waals surface area contributed by atoms with Crippen molar-refractivity contribution in [3.63, 3.8) is 0 Å². The number of aryl methyl sites for hydroxylation is 1. The standard InChI is InChI=1S/C17H21N7O3/c1-10(22-16(26)27-17(2,3)4)14-19-8-21-24(14)13-6-11-12(7-18-13)20-9-23(5)15(11)25/h6-10H,1-5H3,(H,22,26)/t10-/m0/s1. The van der Waals surface area contributed by atoms with Gasteiger partial charge in [-0.25, -0.2) is 19.7 Å². The van der Waals surface area contributed by atoms with Crippen LogP contribution in [0.1, 0.15) is 39.6 Å². The molecule has 0 bridgehead atoms. The molecule has 1 N–H and O–H groups in total. The maximum absolute atomic E-state index is 12.3. The summed E-state index contributed by atoms with van der Waals surface area (Å²) in [4.78, 5) is 37.0. The molecule has 3 aromatic heterocycles. The number of amides is 1. The summed E-state index contributed by atoms with van der Waals surface area (Å²) in [5.74, 6) is 0.853. The number of nitrogens with one attached hydrogen (secondary N) is 1. The van der Waals surface area contributed by atoms with Crippen LogP contribution in [-0.2, 0) is 11.8 Å². The number of carbonyl (C=O) groups excluding carboxylic acids is 1. The van der Waals surface area contributed by atoms with Crippen LogP contribution in [0.2, 0.25) is 0 Å². The first-order valence-corrected chi connectivity index (χ1v) is 8.37. The second kappa shape index (κ2) is 6.78. The van der Waals surface area contributed by atoms with E-state index in [2.05, 4.69) is 25.4 Å². The van der Waals surface area contributed by atoms with Crippen molar-refractivity contribution < 1.29 is 9.53 Å². The Balaban J connectivity index is 1.93. The molecular weight excluding hydrogens is 350 g/mol. The van der Waals surface area contributed by atoms with Crippen LogP contribution in [0.4, 0.5) is 4.79 Å². The van der Waals surface area contributed by atoms with Gasteiger partial charge in [0.25, 0.3) is 5.56 Å². The van der Waals surface area contributed by atoms with Crippen LogP contribution >= 0.6 is 0 Å². The largest absolute Gasteiger partial charge is 0.444 e. The predicted octanol–water partition coefficient (Wildman–Crippen LogP) is 1.49. The molecule has 1 amide bonds. The minimum atomic E-state index is -0.607. The summed E-state index contributed by atoms with van der Waals surface area (Å²) in [5, 5.41) is 7.30. The number of carbonyl (C=O) groups is 1. The third-order valence-electron chi connectivity index (χ3n) is 3.70. The summed E-state index contributed by atoms with van der Waals surface area (Å²) in [5.41, 5.74) is -0.307. The van der Waals surface area contributed by atoms with E-state index in [4.69, 9.17) is 4.74 Å². The molecule has 10 heteroatoms. The molecule has 142 valence electrons. The maximum Gasteiger partial charge on any atom is 0.408 e. The van der Waals surface area contributed by atoms with Crippen LogP contribution in [0.15, 0.2) is 29.7 Å². The number of hydrogen-bond acceptors (Lipinski definition) is 7. The van der Waals surface area contributed by atoms with Crippen molar-refractivity contribution >= 4 is 17.0 Å². The van der Waals surface area contributed by atoms with Crippen molar-refractivity contribution in [3.05, 3.63) is 41.1 Å². The van der Waals surface area contributed by atoms with E-state index in [-0.39, 0.29) is 5.56 Å². The first kappa shape index (κ1) is 18.5. The Kier molecular flexibility index (Phi) is 4.64. The van der Waals surface area contributed by atoms with Gasteiger partial charge in [-0.15, -0.1) is 0 Å². The van der Waals surface area contributed by atoms with Crippen LogP contribution in [0.25, 0.3) is 16.7 Å². The molecule has 0 spiro atoms. The minimum Gasteiger partial charge on any atom is -0.444 e. The highest BCUT2D eigenvalue weighted by Gasteiger charge is 2.22. The molecule has 0 saturated carbocycles. The second-order valence-corrected chi connectivity index (χ2v) is 7.12. The van der Waals surface area contributed by atoms with Crippen molar-refractivity contribution in [2.75, 3.05) is 0 Å². The van der Waals surface area contributed by atoms with E-state index in [1.807, 2.05) is 0 Å². The highest BCUT2D eigenvalue weighted by molar-refractivity contribution is 5.77. The third-order valence-corrected chi connectivity index (χ3v) is 3.70. The number of nitrogens with zero attached hydrogens (tertiary/aromatic N) is 6. The van der Waals surface area contributed by atoms with Gasteiger partial charge in [0, 0.05) is 7.05 Å². The van der Waals surface area contributed by atoms with E-state index in [1.54, 1.807) is 40.8 Å². The zero-order valence-electron chi connectivity index (χ0n) is 15.8. The van der Waals surface area contributed by atoms with E-state index < -0.39 is 17.7 Å². The van der Waals surface area contributed by atoms with Crippen LogP contribution in [0.3, 0.4) is 0 Å². The van der Waals surface area contributed by atoms with Crippen molar-refractivity contribution in [2.24, 2.45) is 7.05 Å². The lowest BCUT2D eigenvalue weighted by Gasteiger charge is -2.21. The summed E-state index contributed by atoms with van der Waals surface area (Å²) in [6, 6.07) is 1.11. The number of fused-ring (bicyclic) bond motifs is 1. The molecule has 3 heterocycles. The van der Waals surface area contributed by atoms with Gasteiger partial charge >= 0.3 is 6.09 Å². The fourth-order valence-electron chi connectivity index (χ4n) is 2.49. The predicted molar refractivity (Wildman–Crippen MR) is 97.5 cm³/mol. The first-order chi connectivity index (χ1) is 12.7. The maximum atomic E-state index is 12.3. The molecule has 3 rings (SSSR count). The Morgan fingerprint density at radius 3 is 2.70 bits per heavy atom. The van der Waals surface area contributed by atoms with Crippen LogP contribution in [0.5, 0.6) is 0 Å². The fourth-order valence-corrected chi connectivity index (χ4v) is 2.49. The van der Waals surface area contributed by atoms with E-state index in [0.717, 1.165) is 0 Å². The van der Waals surface area contributed by atoms with Crippen molar-refractivity contribution in [1.29, 1.82) is 0 Å². The molecule has 0 fully saturated rings. The van der Waals surface area contributed by atoms with E-state index in [0.29, 0.717) is 22.5 Å². The van der Waals surface area contributed by atoms with Gasteiger partial charge in [0.15, 0.2) is 11.6 Å². The lowest BCUT2D eigenvalue weighted by Crippen LogP contribution is -2.35. The molecular formula is C17H21N7O3. The molecule has 0 aromatic carbocycles. The number of pyridine rings is 1. The smallest absolute Gasteiger partial charge is 0.408 e. The molecule has 0 saturated heterocycles. The van der Waals surface area contributed by atoms with E-state index >= 15 is 0 Å². The van der Waals surface area contributed by atoms with Crippen molar-refractivity contribution in [2.45, 2.75) is 39.3 Å². The van der Waals surface area contributed by atoms with Gasteiger partial charge in [0.2, 0.25) is 0 Å². The second-order valence-electron chi connectivity index (χ2n) is 7.12. The monoisotopic (exact) mass is 371 g/mol. The Bertz CT molecular complexity index is 1050. The fraction of sp³-hybridized carbons (Fsp3) is 0.412. The number of ether oxygens (including phenoxy) is 1.